The molecule has 4 heterocycles. The van der Waals surface area contributed by atoms with Crippen LogP contribution in [0.1, 0.15) is 103 Å². The lowest BCUT2D eigenvalue weighted by atomic mass is 9.83. The van der Waals surface area contributed by atoms with Crippen LogP contribution in [0, 0.1) is 22.9 Å². The van der Waals surface area contributed by atoms with Crippen molar-refractivity contribution < 1.29 is 66.1 Å². The number of para-hydroxylation sites is 1. The molecule has 4 unspecified atom stereocenters. The standard InChI is InChI=1S/C63H79F3N10O11/c1-36-29-73(44(32-74(36)59(83)84)31-72-23-24-86-34-37(72)2)33-51(78)76-35-63(10,46-22-17-40(26-49(46)76)25-39-15-19-42(64)20-16-39)58(82)67-28-50(77)68-43-21-18-41-30-75(53(45(41)27-43)56(80)69-52-47(65)13-12-14-48(52)66)57(81)54(61(4,5)6)70-55(79)38(3)71(11)60(85)87-62(7,8)9/h12-22,26-27,36-38,44,53-54H,23-25,28-35H2,1-11H3,(H,67,82)(H,68,77)(H,69,80)(H,70,79)(H,83,84)/t36?,37-,38?,44?,53+,54?,63-/m1/s1. The van der Waals surface area contributed by atoms with E-state index in [4.69, 9.17) is 9.47 Å². The highest BCUT2D eigenvalue weighted by atomic mass is 19.1. The molecule has 8 rings (SSSR count). The molecule has 4 aromatic rings. The minimum absolute atomic E-state index is 0.0674. The molecular formula is C63H79F3N10O11. The van der Waals surface area contributed by atoms with Crippen molar-refractivity contribution in [2.24, 2.45) is 5.41 Å². The maximum absolute atomic E-state index is 15.1. The van der Waals surface area contributed by atoms with Crippen molar-refractivity contribution in [1.29, 1.82) is 0 Å². The number of ether oxygens (including phenoxy) is 2. The minimum Gasteiger partial charge on any atom is -0.465 e. The van der Waals surface area contributed by atoms with Crippen LogP contribution in [-0.2, 0) is 56.6 Å². The van der Waals surface area contributed by atoms with E-state index in [2.05, 4.69) is 26.2 Å². The third kappa shape index (κ3) is 14.8. The number of hydrogen-bond acceptors (Lipinski definition) is 12. The molecular weight excluding hydrogens is 1130 g/mol. The van der Waals surface area contributed by atoms with Crippen LogP contribution in [-0.4, -0.2) is 179 Å². The second-order valence-corrected chi connectivity index (χ2v) is 25.4. The lowest BCUT2D eigenvalue weighted by molar-refractivity contribution is -0.145. The second kappa shape index (κ2) is 26.1. The van der Waals surface area contributed by atoms with Crippen LogP contribution in [0.25, 0.3) is 0 Å². The lowest BCUT2D eigenvalue weighted by Crippen LogP contribution is -2.64. The Kier molecular flexibility index (Phi) is 19.5. The van der Waals surface area contributed by atoms with Gasteiger partial charge in [-0.1, -0.05) is 57.2 Å². The van der Waals surface area contributed by atoms with Crippen molar-refractivity contribution in [2.75, 3.05) is 81.6 Å². The van der Waals surface area contributed by atoms with E-state index < -0.39 is 112 Å². The Bertz CT molecular complexity index is 3280. The topological polar surface area (TPSA) is 243 Å². The number of carbonyl (C=O) groups excluding carboxylic acids is 7. The summed E-state index contributed by atoms with van der Waals surface area (Å²) in [6, 6.07) is 14.3. The Labute approximate surface area is 504 Å². The molecule has 4 aliphatic heterocycles. The van der Waals surface area contributed by atoms with Gasteiger partial charge in [0.05, 0.1) is 31.7 Å². The number of carbonyl (C=O) groups is 8. The number of anilines is 3. The number of piperazine rings is 1. The molecule has 0 spiro atoms. The number of benzene rings is 4. The van der Waals surface area contributed by atoms with Gasteiger partial charge in [-0.25, -0.2) is 22.8 Å². The van der Waals surface area contributed by atoms with Crippen molar-refractivity contribution in [2.45, 2.75) is 129 Å². The zero-order chi connectivity index (χ0) is 63.6. The van der Waals surface area contributed by atoms with Crippen molar-refractivity contribution >= 4 is 64.7 Å². The third-order valence-electron chi connectivity index (χ3n) is 16.6. The van der Waals surface area contributed by atoms with Gasteiger partial charge in [-0.2, -0.15) is 0 Å². The minimum atomic E-state index is -1.58. The van der Waals surface area contributed by atoms with Crippen molar-refractivity contribution in [3.05, 3.63) is 124 Å². The number of nitrogens with one attached hydrogen (secondary N) is 4. The van der Waals surface area contributed by atoms with Gasteiger partial charge in [0.2, 0.25) is 29.5 Å². The fourth-order valence-corrected chi connectivity index (χ4v) is 11.5. The average molecular weight is 1210 g/mol. The predicted molar refractivity (Wildman–Crippen MR) is 318 cm³/mol. The first-order valence-corrected chi connectivity index (χ1v) is 29.1. The van der Waals surface area contributed by atoms with Crippen LogP contribution in [0.3, 0.4) is 0 Å². The molecule has 21 nitrogen and oxygen atoms in total. The van der Waals surface area contributed by atoms with E-state index in [1.54, 1.807) is 84.6 Å². The summed E-state index contributed by atoms with van der Waals surface area (Å²) < 4.78 is 55.3. The van der Waals surface area contributed by atoms with Gasteiger partial charge in [0, 0.05) is 75.8 Å². The van der Waals surface area contributed by atoms with E-state index in [-0.39, 0.29) is 62.0 Å². The number of hydrogen-bond donors (Lipinski definition) is 5. The van der Waals surface area contributed by atoms with Crippen molar-refractivity contribution in [1.82, 2.24) is 35.1 Å². The van der Waals surface area contributed by atoms with Gasteiger partial charge in [0.1, 0.15) is 46.9 Å². The predicted octanol–water partition coefficient (Wildman–Crippen LogP) is 6.64. The van der Waals surface area contributed by atoms with E-state index in [9.17, 15) is 47.9 Å². The fourth-order valence-electron chi connectivity index (χ4n) is 11.5. The van der Waals surface area contributed by atoms with E-state index in [1.807, 2.05) is 24.0 Å². The summed E-state index contributed by atoms with van der Waals surface area (Å²) in [5.74, 6) is -6.67. The molecule has 0 aromatic heterocycles. The molecule has 8 amide bonds. The number of halogens is 3. The number of carboxylic acid groups (broad SMARTS) is 1. The molecule has 2 saturated heterocycles. The van der Waals surface area contributed by atoms with E-state index >= 15 is 8.78 Å². The Hall–Kier alpha value is -8.09. The van der Waals surface area contributed by atoms with E-state index in [0.717, 1.165) is 39.1 Å². The van der Waals surface area contributed by atoms with Crippen LogP contribution in [0.5, 0.6) is 0 Å². The highest BCUT2D eigenvalue weighted by molar-refractivity contribution is 6.05. The quantitative estimate of drug-likeness (QED) is 0.0792. The van der Waals surface area contributed by atoms with Gasteiger partial charge in [-0.3, -0.25) is 43.5 Å². The van der Waals surface area contributed by atoms with Crippen LogP contribution < -0.4 is 26.2 Å². The van der Waals surface area contributed by atoms with Crippen molar-refractivity contribution in [3.8, 4) is 0 Å². The van der Waals surface area contributed by atoms with Gasteiger partial charge < -0.3 is 50.5 Å². The van der Waals surface area contributed by atoms with Gasteiger partial charge in [0.15, 0.2) is 0 Å². The van der Waals surface area contributed by atoms with E-state index in [0.29, 0.717) is 49.5 Å². The summed E-state index contributed by atoms with van der Waals surface area (Å²) in [7, 11) is 1.37. The lowest BCUT2D eigenvalue weighted by Gasteiger charge is -2.47. The summed E-state index contributed by atoms with van der Waals surface area (Å²) in [6.07, 6.45) is -1.46. The molecule has 468 valence electrons. The summed E-state index contributed by atoms with van der Waals surface area (Å²) >= 11 is 0. The van der Waals surface area contributed by atoms with Gasteiger partial charge >= 0.3 is 12.2 Å². The number of morpholine rings is 1. The molecule has 0 bridgehead atoms. The Morgan fingerprint density at radius 1 is 0.839 bits per heavy atom. The monoisotopic (exact) mass is 1210 g/mol. The number of likely N-dealkylation sites (N-methyl/N-ethyl adjacent to an activating group) is 1. The van der Waals surface area contributed by atoms with E-state index in [1.165, 1.54) is 43.1 Å². The highest BCUT2D eigenvalue weighted by Crippen LogP contribution is 2.43. The molecule has 87 heavy (non-hydrogen) atoms. The molecule has 2 fully saturated rings. The molecule has 0 aliphatic carbocycles. The molecule has 24 heteroatoms. The first-order chi connectivity index (χ1) is 40.8. The van der Waals surface area contributed by atoms with Crippen molar-refractivity contribution in [3.63, 3.8) is 0 Å². The molecule has 0 radical (unpaired) electrons. The smallest absolute Gasteiger partial charge is 0.410 e. The summed E-state index contributed by atoms with van der Waals surface area (Å²) in [5.41, 5.74) is -0.773. The molecule has 4 aromatic carbocycles. The van der Waals surface area contributed by atoms with Gasteiger partial charge in [-0.05, 0) is 131 Å². The van der Waals surface area contributed by atoms with Crippen LogP contribution in [0.4, 0.5) is 39.8 Å². The maximum atomic E-state index is 15.1. The highest BCUT2D eigenvalue weighted by Gasteiger charge is 2.49. The molecule has 5 N–H and O–H groups in total. The first-order valence-electron chi connectivity index (χ1n) is 29.1. The van der Waals surface area contributed by atoms with Gasteiger partial charge in [-0.15, -0.1) is 0 Å². The number of rotatable bonds is 16. The largest absolute Gasteiger partial charge is 0.465 e. The molecule has 4 aliphatic rings. The normalized spacial score (nSPS) is 21.2. The SMILES string of the molecule is CC(C(=O)NC(C(=O)N1Cc2ccc(NC(=O)CNC(=O)[C@]3(C)CN(C(=O)CN4CC(C)N(C(=O)O)CC4CN4CCOC[C@H]4C)c4cc(Cc5ccc(F)cc5)ccc43)cc2[C@H]1C(=O)Nc1c(F)cccc1F)C(C)(C)C)N(C)C(=O)OC(C)(C)C. The number of amides is 8. The van der Waals surface area contributed by atoms with Gasteiger partial charge in [0.25, 0.3) is 5.91 Å². The summed E-state index contributed by atoms with van der Waals surface area (Å²) in [4.78, 5) is 122. The molecule has 0 saturated carbocycles. The Morgan fingerprint density at radius 2 is 1.52 bits per heavy atom. The summed E-state index contributed by atoms with van der Waals surface area (Å²) in [6.45, 7) is 18.6. The first kappa shape index (κ1) is 64.9. The van der Waals surface area contributed by atoms with Crippen LogP contribution in [0.2, 0.25) is 0 Å². The fraction of sp³-hybridized carbons (Fsp3) is 0.492. The van der Waals surface area contributed by atoms with Crippen LogP contribution in [0.15, 0.2) is 78.9 Å². The Balaban J connectivity index is 1.02. The Morgan fingerprint density at radius 3 is 2.16 bits per heavy atom. The maximum Gasteiger partial charge on any atom is 0.410 e. The summed E-state index contributed by atoms with van der Waals surface area (Å²) in [5, 5.41) is 20.7. The zero-order valence-electron chi connectivity index (χ0n) is 51.1. The number of fused-ring (bicyclic) bond motifs is 2. The number of nitrogens with zero attached hydrogens (tertiary/aromatic N) is 6. The zero-order valence-corrected chi connectivity index (χ0v) is 51.1. The molecule has 7 atom stereocenters. The van der Waals surface area contributed by atoms with Crippen LogP contribution >= 0.6 is 0 Å². The third-order valence-corrected chi connectivity index (χ3v) is 16.6. The second-order valence-electron chi connectivity index (χ2n) is 25.4. The average Bonchev–Trinajstić information content (AvgIpc) is 1.71.